The minimum Gasteiger partial charge on any atom is -0.339 e. The summed E-state index contributed by atoms with van der Waals surface area (Å²) >= 11 is 0. The molecule has 0 N–H and O–H groups in total. The number of nitrogens with zero attached hydrogens (tertiary/aromatic N) is 2. The molecule has 0 aliphatic carbocycles. The van der Waals surface area contributed by atoms with Crippen LogP contribution in [0.15, 0.2) is 0 Å². The van der Waals surface area contributed by atoms with Crippen molar-refractivity contribution >= 4 is 5.91 Å². The van der Waals surface area contributed by atoms with E-state index in [0.717, 1.165) is 12.5 Å². The first-order valence-corrected chi connectivity index (χ1v) is 7.89. The smallest absolute Gasteiger partial charge is 0.227 e. The lowest BCUT2D eigenvalue weighted by atomic mass is 9.70. The lowest BCUT2D eigenvalue weighted by molar-refractivity contribution is -0.158. The number of fused-ring (bicyclic) bond motifs is 6. The SMILES string of the molecule is O=C1C2CC(CN3CCCC[C@@H]23)[C@H]2CCCCN12. The number of rotatable bonds is 0. The highest BCUT2D eigenvalue weighted by molar-refractivity contribution is 5.81. The van der Waals surface area contributed by atoms with Crippen molar-refractivity contribution in [3.05, 3.63) is 0 Å². The van der Waals surface area contributed by atoms with Crippen molar-refractivity contribution in [1.29, 1.82) is 0 Å². The third-order valence-electron chi connectivity index (χ3n) is 5.85. The molecule has 0 aromatic carbocycles. The Labute approximate surface area is 110 Å². The van der Waals surface area contributed by atoms with Crippen LogP contribution in [0.5, 0.6) is 0 Å². The highest BCUT2D eigenvalue weighted by Crippen LogP contribution is 2.43. The fourth-order valence-corrected chi connectivity index (χ4v) is 5.04. The Bertz CT molecular complexity index is 354. The van der Waals surface area contributed by atoms with Gasteiger partial charge in [-0.25, -0.2) is 0 Å². The van der Waals surface area contributed by atoms with Crippen LogP contribution in [-0.4, -0.2) is 47.4 Å². The Morgan fingerprint density at radius 3 is 2.61 bits per heavy atom. The molecule has 0 saturated carbocycles. The Kier molecular flexibility index (Phi) is 2.65. The van der Waals surface area contributed by atoms with Gasteiger partial charge in [0.2, 0.25) is 5.91 Å². The molecule has 0 spiro atoms. The molecule has 4 atom stereocenters. The zero-order chi connectivity index (χ0) is 12.1. The summed E-state index contributed by atoms with van der Waals surface area (Å²) in [7, 11) is 0. The van der Waals surface area contributed by atoms with Crippen LogP contribution in [0, 0.1) is 11.8 Å². The molecule has 4 saturated heterocycles. The molecule has 3 nitrogen and oxygen atoms in total. The van der Waals surface area contributed by atoms with E-state index in [1.54, 1.807) is 0 Å². The van der Waals surface area contributed by atoms with Gasteiger partial charge in [-0.05, 0) is 51.0 Å². The van der Waals surface area contributed by atoms with Crippen molar-refractivity contribution in [2.45, 2.75) is 57.0 Å². The maximum absolute atomic E-state index is 12.7. The molecule has 2 unspecified atom stereocenters. The van der Waals surface area contributed by atoms with E-state index >= 15 is 0 Å². The van der Waals surface area contributed by atoms with Crippen molar-refractivity contribution in [3.63, 3.8) is 0 Å². The largest absolute Gasteiger partial charge is 0.339 e. The molecule has 4 rings (SSSR count). The van der Waals surface area contributed by atoms with Crippen molar-refractivity contribution in [2.75, 3.05) is 19.6 Å². The molecule has 4 aliphatic rings. The molecule has 0 aromatic heterocycles. The van der Waals surface area contributed by atoms with Gasteiger partial charge in [0.05, 0.1) is 5.92 Å². The summed E-state index contributed by atoms with van der Waals surface area (Å²) in [6.07, 6.45) is 8.97. The van der Waals surface area contributed by atoms with Gasteiger partial charge in [-0.1, -0.05) is 6.42 Å². The highest BCUT2D eigenvalue weighted by atomic mass is 16.2. The Hall–Kier alpha value is -0.570. The van der Waals surface area contributed by atoms with Crippen molar-refractivity contribution in [2.24, 2.45) is 11.8 Å². The van der Waals surface area contributed by atoms with Gasteiger partial charge >= 0.3 is 0 Å². The summed E-state index contributed by atoms with van der Waals surface area (Å²) in [5.74, 6) is 1.63. The van der Waals surface area contributed by atoms with E-state index in [1.807, 2.05) is 0 Å². The summed E-state index contributed by atoms with van der Waals surface area (Å²) in [6.45, 7) is 3.57. The molecule has 18 heavy (non-hydrogen) atoms. The minimum absolute atomic E-state index is 0.346. The third-order valence-corrected chi connectivity index (χ3v) is 5.85. The second kappa shape index (κ2) is 4.22. The number of piperidine rings is 4. The van der Waals surface area contributed by atoms with E-state index in [9.17, 15) is 4.79 Å². The molecule has 3 heteroatoms. The van der Waals surface area contributed by atoms with Crippen LogP contribution in [0.25, 0.3) is 0 Å². The van der Waals surface area contributed by atoms with Gasteiger partial charge in [0.1, 0.15) is 0 Å². The van der Waals surface area contributed by atoms with Crippen molar-refractivity contribution < 1.29 is 4.79 Å². The molecule has 1 amide bonds. The van der Waals surface area contributed by atoms with Crippen molar-refractivity contribution in [3.8, 4) is 0 Å². The summed E-state index contributed by atoms with van der Waals surface area (Å²) in [5, 5.41) is 0. The van der Waals surface area contributed by atoms with E-state index in [4.69, 9.17) is 0 Å². The van der Waals surface area contributed by atoms with E-state index in [1.165, 1.54) is 58.0 Å². The topological polar surface area (TPSA) is 23.6 Å². The number of carbonyl (C=O) groups excluding carboxylic acids is 1. The van der Waals surface area contributed by atoms with Crippen LogP contribution in [0.4, 0.5) is 0 Å². The van der Waals surface area contributed by atoms with Gasteiger partial charge in [-0.3, -0.25) is 9.69 Å². The Morgan fingerprint density at radius 1 is 0.944 bits per heavy atom. The monoisotopic (exact) mass is 248 g/mol. The van der Waals surface area contributed by atoms with E-state index in [2.05, 4.69) is 9.80 Å². The van der Waals surface area contributed by atoms with E-state index in [-0.39, 0.29) is 0 Å². The number of hydrogen-bond donors (Lipinski definition) is 0. The van der Waals surface area contributed by atoms with Crippen LogP contribution in [0.3, 0.4) is 0 Å². The molecule has 4 fully saturated rings. The quantitative estimate of drug-likeness (QED) is 0.653. The number of carbonyl (C=O) groups is 1. The van der Waals surface area contributed by atoms with Crippen molar-refractivity contribution in [1.82, 2.24) is 9.80 Å². The van der Waals surface area contributed by atoms with E-state index in [0.29, 0.717) is 23.9 Å². The Morgan fingerprint density at radius 2 is 1.72 bits per heavy atom. The first kappa shape index (κ1) is 11.3. The average molecular weight is 248 g/mol. The first-order valence-electron chi connectivity index (χ1n) is 7.89. The van der Waals surface area contributed by atoms with Crippen LogP contribution in [-0.2, 0) is 4.79 Å². The average Bonchev–Trinajstić information content (AvgIpc) is 2.44. The zero-order valence-electron chi connectivity index (χ0n) is 11.2. The van der Waals surface area contributed by atoms with Gasteiger partial charge < -0.3 is 4.90 Å². The Balaban J connectivity index is 1.63. The second-order valence-electron chi connectivity index (χ2n) is 6.76. The molecule has 100 valence electrons. The summed E-state index contributed by atoms with van der Waals surface area (Å²) in [6, 6.07) is 1.18. The van der Waals surface area contributed by atoms with Gasteiger partial charge in [0.25, 0.3) is 0 Å². The standard InChI is InChI=1S/C15H24N2O/c18-15-12-9-11(13-5-2-4-8-17(13)15)10-16-7-3-1-6-14(12)16/h11-14H,1-10H2/t11?,12?,13-,14+/m1/s1. The van der Waals surface area contributed by atoms with Crippen LogP contribution < -0.4 is 0 Å². The third kappa shape index (κ3) is 1.56. The molecule has 0 aromatic rings. The highest BCUT2D eigenvalue weighted by Gasteiger charge is 2.50. The fraction of sp³-hybridized carbons (Fsp3) is 0.933. The summed E-state index contributed by atoms with van der Waals surface area (Å²) < 4.78 is 0. The van der Waals surface area contributed by atoms with Crippen LogP contribution >= 0.6 is 0 Å². The summed E-state index contributed by atoms with van der Waals surface area (Å²) in [5.41, 5.74) is 0. The van der Waals surface area contributed by atoms with Gasteiger partial charge in [-0.15, -0.1) is 0 Å². The predicted octanol–water partition coefficient (Wildman–Crippen LogP) is 1.87. The second-order valence-corrected chi connectivity index (χ2v) is 6.76. The predicted molar refractivity (Wildman–Crippen MR) is 70.2 cm³/mol. The normalized spacial score (nSPS) is 44.4. The van der Waals surface area contributed by atoms with E-state index < -0.39 is 0 Å². The van der Waals surface area contributed by atoms with Gasteiger partial charge in [0.15, 0.2) is 0 Å². The molecular weight excluding hydrogens is 224 g/mol. The number of hydrogen-bond acceptors (Lipinski definition) is 2. The lowest BCUT2D eigenvalue weighted by Crippen LogP contribution is -2.65. The van der Waals surface area contributed by atoms with Crippen LogP contribution in [0.2, 0.25) is 0 Å². The van der Waals surface area contributed by atoms with Crippen LogP contribution in [0.1, 0.15) is 44.9 Å². The minimum atomic E-state index is 0.346. The maximum Gasteiger partial charge on any atom is 0.227 e. The molecular formula is C15H24N2O. The molecule has 4 aliphatic heterocycles. The lowest BCUT2D eigenvalue weighted by Gasteiger charge is -2.56. The molecule has 4 heterocycles. The molecule has 2 bridgehead atoms. The fourth-order valence-electron chi connectivity index (χ4n) is 5.04. The summed E-state index contributed by atoms with van der Waals surface area (Å²) in [4.78, 5) is 17.7. The molecule has 0 radical (unpaired) electrons. The maximum atomic E-state index is 12.7. The number of amides is 1. The van der Waals surface area contributed by atoms with Gasteiger partial charge in [-0.2, -0.15) is 0 Å². The first-order chi connectivity index (χ1) is 8.84. The zero-order valence-corrected chi connectivity index (χ0v) is 11.2. The van der Waals surface area contributed by atoms with Gasteiger partial charge in [0, 0.05) is 25.2 Å².